The lowest BCUT2D eigenvalue weighted by Gasteiger charge is -2.04. The maximum atomic E-state index is 10.7. The number of aromatic nitrogens is 1. The van der Waals surface area contributed by atoms with Gasteiger partial charge in [0.1, 0.15) is 5.69 Å². The number of primary amides is 1. The zero-order valence-electron chi connectivity index (χ0n) is 7.64. The van der Waals surface area contributed by atoms with Crippen LogP contribution in [0.2, 0.25) is 0 Å². The number of carbonyl (C=O) groups is 2. The summed E-state index contributed by atoms with van der Waals surface area (Å²) in [5.41, 5.74) is 7.81. The molecule has 1 aromatic heterocycles. The lowest BCUT2D eigenvalue weighted by Crippen LogP contribution is -2.14. The van der Waals surface area contributed by atoms with Crippen LogP contribution < -0.4 is 11.2 Å². The van der Waals surface area contributed by atoms with E-state index in [4.69, 9.17) is 10.8 Å². The minimum absolute atomic E-state index is 0.0684. The average molecular weight is 211 g/mol. The molecule has 7 nitrogen and oxygen atoms in total. The number of amides is 1. The Morgan fingerprint density at radius 2 is 2.33 bits per heavy atom. The van der Waals surface area contributed by atoms with E-state index in [1.807, 2.05) is 0 Å². The second-order valence-corrected chi connectivity index (χ2v) is 2.58. The molecule has 0 radical (unpaired) electrons. The topological polar surface area (TPSA) is 115 Å². The molecule has 0 spiro atoms. The van der Waals surface area contributed by atoms with Gasteiger partial charge in [-0.3, -0.25) is 20.1 Å². The van der Waals surface area contributed by atoms with Gasteiger partial charge in [0.25, 0.3) is 5.91 Å². The maximum absolute atomic E-state index is 10.7. The summed E-state index contributed by atoms with van der Waals surface area (Å²) in [5.74, 6) is -1.77. The van der Waals surface area contributed by atoms with Crippen LogP contribution in [0.1, 0.15) is 10.5 Å². The molecule has 0 atom stereocenters. The van der Waals surface area contributed by atoms with Crippen molar-refractivity contribution in [1.29, 1.82) is 0 Å². The first-order valence-corrected chi connectivity index (χ1v) is 3.95. The van der Waals surface area contributed by atoms with E-state index in [1.165, 1.54) is 18.3 Å². The van der Waals surface area contributed by atoms with Crippen molar-refractivity contribution in [3.05, 3.63) is 24.0 Å². The SMILES string of the molecule is NC(=O)c1cc(NOCC(=O)O)ccn1. The van der Waals surface area contributed by atoms with E-state index < -0.39 is 18.5 Å². The smallest absolute Gasteiger partial charge is 0.332 e. The largest absolute Gasteiger partial charge is 0.479 e. The summed E-state index contributed by atoms with van der Waals surface area (Å²) < 4.78 is 0. The second-order valence-electron chi connectivity index (χ2n) is 2.58. The monoisotopic (exact) mass is 211 g/mol. The summed E-state index contributed by atoms with van der Waals surface area (Å²) in [6.45, 7) is -0.492. The fourth-order valence-corrected chi connectivity index (χ4v) is 0.810. The highest BCUT2D eigenvalue weighted by Crippen LogP contribution is 2.07. The van der Waals surface area contributed by atoms with E-state index in [0.717, 1.165) is 0 Å². The lowest BCUT2D eigenvalue weighted by atomic mass is 10.3. The van der Waals surface area contributed by atoms with Gasteiger partial charge in [-0.1, -0.05) is 0 Å². The van der Waals surface area contributed by atoms with E-state index >= 15 is 0 Å². The van der Waals surface area contributed by atoms with Gasteiger partial charge in [0, 0.05) is 6.20 Å². The number of nitrogens with one attached hydrogen (secondary N) is 1. The predicted molar refractivity (Wildman–Crippen MR) is 50.0 cm³/mol. The lowest BCUT2D eigenvalue weighted by molar-refractivity contribution is -0.141. The molecule has 0 unspecified atom stereocenters. The number of carboxylic acid groups (broad SMARTS) is 1. The van der Waals surface area contributed by atoms with Crippen LogP contribution in [-0.4, -0.2) is 28.6 Å². The molecule has 0 aliphatic rings. The molecule has 7 heteroatoms. The average Bonchev–Trinajstić information content (AvgIpc) is 2.17. The van der Waals surface area contributed by atoms with Crippen molar-refractivity contribution in [1.82, 2.24) is 4.98 Å². The molecule has 0 bridgehead atoms. The van der Waals surface area contributed by atoms with E-state index in [-0.39, 0.29) is 5.69 Å². The molecule has 4 N–H and O–H groups in total. The number of hydrogen-bond acceptors (Lipinski definition) is 5. The summed E-state index contributed by atoms with van der Waals surface area (Å²) >= 11 is 0. The van der Waals surface area contributed by atoms with Gasteiger partial charge in [-0.05, 0) is 12.1 Å². The number of carboxylic acids is 1. The quantitative estimate of drug-likeness (QED) is 0.571. The van der Waals surface area contributed by atoms with Gasteiger partial charge in [0.2, 0.25) is 0 Å². The molecular weight excluding hydrogens is 202 g/mol. The Morgan fingerprint density at radius 3 is 2.93 bits per heavy atom. The van der Waals surface area contributed by atoms with Gasteiger partial charge in [-0.15, -0.1) is 0 Å². The van der Waals surface area contributed by atoms with Crippen LogP contribution in [0, 0.1) is 0 Å². The Kier molecular flexibility index (Phi) is 3.58. The van der Waals surface area contributed by atoms with Crippen LogP contribution in [-0.2, 0) is 9.63 Å². The summed E-state index contributed by atoms with van der Waals surface area (Å²) in [6, 6.07) is 2.86. The first-order valence-electron chi connectivity index (χ1n) is 3.95. The van der Waals surface area contributed by atoms with Crippen LogP contribution in [0.25, 0.3) is 0 Å². The van der Waals surface area contributed by atoms with Crippen molar-refractivity contribution in [2.45, 2.75) is 0 Å². The highest BCUT2D eigenvalue weighted by atomic mass is 16.7. The molecule has 0 saturated heterocycles. The first kappa shape index (κ1) is 10.9. The van der Waals surface area contributed by atoms with E-state index in [2.05, 4.69) is 15.3 Å². The van der Waals surface area contributed by atoms with Gasteiger partial charge in [0.15, 0.2) is 6.61 Å². The molecular formula is C8H9N3O4. The molecule has 1 aromatic rings. The zero-order valence-corrected chi connectivity index (χ0v) is 7.64. The molecule has 1 amide bonds. The highest BCUT2D eigenvalue weighted by Gasteiger charge is 2.03. The maximum Gasteiger partial charge on any atom is 0.332 e. The number of pyridine rings is 1. The Balaban J connectivity index is 2.58. The van der Waals surface area contributed by atoms with Crippen LogP contribution >= 0.6 is 0 Å². The Morgan fingerprint density at radius 1 is 1.60 bits per heavy atom. The number of anilines is 1. The van der Waals surface area contributed by atoms with E-state index in [9.17, 15) is 9.59 Å². The number of rotatable bonds is 5. The summed E-state index contributed by atoms with van der Waals surface area (Å²) in [6.07, 6.45) is 1.35. The molecule has 0 saturated carbocycles. The van der Waals surface area contributed by atoms with Crippen molar-refractivity contribution in [3.63, 3.8) is 0 Å². The van der Waals surface area contributed by atoms with E-state index in [0.29, 0.717) is 5.69 Å². The standard InChI is InChI=1S/C8H9N3O4/c9-8(14)6-3-5(1-2-10-6)11-15-4-7(12)13/h1-3H,4H2,(H2,9,14)(H,10,11)(H,12,13). The fourth-order valence-electron chi connectivity index (χ4n) is 0.810. The Hall–Kier alpha value is -2.15. The van der Waals surface area contributed by atoms with Crippen LogP contribution in [0.15, 0.2) is 18.3 Å². The molecule has 0 aliphatic heterocycles. The minimum atomic E-state index is -1.10. The fraction of sp³-hybridized carbons (Fsp3) is 0.125. The zero-order chi connectivity index (χ0) is 11.3. The van der Waals surface area contributed by atoms with Crippen LogP contribution in [0.5, 0.6) is 0 Å². The van der Waals surface area contributed by atoms with Gasteiger partial charge in [0.05, 0.1) is 5.69 Å². The summed E-state index contributed by atoms with van der Waals surface area (Å²) in [5, 5.41) is 8.28. The van der Waals surface area contributed by atoms with Gasteiger partial charge in [-0.25, -0.2) is 4.79 Å². The Bertz CT molecular complexity index is 380. The molecule has 80 valence electrons. The first-order chi connectivity index (χ1) is 7.09. The summed E-state index contributed by atoms with van der Waals surface area (Å²) in [7, 11) is 0. The van der Waals surface area contributed by atoms with Crippen molar-refractivity contribution >= 4 is 17.6 Å². The van der Waals surface area contributed by atoms with Gasteiger partial charge >= 0.3 is 5.97 Å². The van der Waals surface area contributed by atoms with Crippen molar-refractivity contribution in [2.24, 2.45) is 5.73 Å². The van der Waals surface area contributed by atoms with Crippen molar-refractivity contribution in [3.8, 4) is 0 Å². The van der Waals surface area contributed by atoms with Crippen LogP contribution in [0.4, 0.5) is 5.69 Å². The normalized spacial score (nSPS) is 9.60. The number of nitrogens with zero attached hydrogens (tertiary/aromatic N) is 1. The third kappa shape index (κ3) is 3.61. The van der Waals surface area contributed by atoms with Gasteiger partial charge < -0.3 is 10.8 Å². The van der Waals surface area contributed by atoms with Gasteiger partial charge in [-0.2, -0.15) is 0 Å². The molecule has 0 aliphatic carbocycles. The number of nitrogens with two attached hydrogens (primary N) is 1. The number of hydrogen-bond donors (Lipinski definition) is 3. The third-order valence-electron chi connectivity index (χ3n) is 1.40. The summed E-state index contributed by atoms with van der Waals surface area (Å²) in [4.78, 5) is 29.1. The minimum Gasteiger partial charge on any atom is -0.479 e. The molecule has 1 rings (SSSR count). The molecule has 15 heavy (non-hydrogen) atoms. The Labute approximate surface area is 84.8 Å². The van der Waals surface area contributed by atoms with Crippen molar-refractivity contribution < 1.29 is 19.5 Å². The van der Waals surface area contributed by atoms with E-state index in [1.54, 1.807) is 0 Å². The predicted octanol–water partition coefficient (Wildman–Crippen LogP) is -0.391. The molecule has 1 heterocycles. The van der Waals surface area contributed by atoms with Crippen molar-refractivity contribution in [2.75, 3.05) is 12.1 Å². The molecule has 0 fully saturated rings. The number of carbonyl (C=O) groups excluding carboxylic acids is 1. The second kappa shape index (κ2) is 4.91. The molecule has 0 aromatic carbocycles. The third-order valence-corrected chi connectivity index (χ3v) is 1.40. The van der Waals surface area contributed by atoms with Crippen LogP contribution in [0.3, 0.4) is 0 Å². The highest BCUT2D eigenvalue weighted by molar-refractivity contribution is 5.91. The number of aliphatic carboxylic acids is 1.